The first-order valence-electron chi connectivity index (χ1n) is 7.08. The third kappa shape index (κ3) is 2.84. The van der Waals surface area contributed by atoms with Crippen LogP contribution in [0.2, 0.25) is 0 Å². The van der Waals surface area contributed by atoms with Crippen molar-refractivity contribution in [2.24, 2.45) is 0 Å². The fourth-order valence-electron chi connectivity index (χ4n) is 2.50. The van der Waals surface area contributed by atoms with E-state index < -0.39 is 23.8 Å². The molecule has 2 amide bonds. The smallest absolute Gasteiger partial charge is 0.322 e. The van der Waals surface area contributed by atoms with E-state index in [-0.39, 0.29) is 17.5 Å². The maximum atomic E-state index is 12.3. The number of nitrogens with one attached hydrogen (secondary N) is 1. The molecule has 116 valence electrons. The number of imide groups is 1. The van der Waals surface area contributed by atoms with Gasteiger partial charge in [0, 0.05) is 6.42 Å². The van der Waals surface area contributed by atoms with Gasteiger partial charge in [-0.3, -0.25) is 14.4 Å². The van der Waals surface area contributed by atoms with Crippen LogP contribution in [0.4, 0.5) is 0 Å². The SMILES string of the molecule is O=C(O)[C@@H](Cc1ccccc1)NN1C(=O)c2ccccc2C1=O. The van der Waals surface area contributed by atoms with Crippen LogP contribution in [-0.4, -0.2) is 33.9 Å². The van der Waals surface area contributed by atoms with Crippen molar-refractivity contribution in [3.05, 3.63) is 71.3 Å². The van der Waals surface area contributed by atoms with Crippen LogP contribution in [-0.2, 0) is 11.2 Å². The summed E-state index contributed by atoms with van der Waals surface area (Å²) in [4.78, 5) is 36.0. The molecule has 23 heavy (non-hydrogen) atoms. The molecule has 1 aliphatic heterocycles. The summed E-state index contributed by atoms with van der Waals surface area (Å²) in [6.45, 7) is 0. The van der Waals surface area contributed by atoms with Crippen molar-refractivity contribution < 1.29 is 19.5 Å². The second-order valence-corrected chi connectivity index (χ2v) is 5.20. The van der Waals surface area contributed by atoms with Gasteiger partial charge in [-0.2, -0.15) is 0 Å². The number of hydrogen-bond donors (Lipinski definition) is 2. The summed E-state index contributed by atoms with van der Waals surface area (Å²) in [5, 5.41) is 10.2. The van der Waals surface area contributed by atoms with Crippen LogP contribution in [0.5, 0.6) is 0 Å². The molecule has 0 fully saturated rings. The molecule has 0 aromatic heterocycles. The fraction of sp³-hybridized carbons (Fsp3) is 0.118. The van der Waals surface area contributed by atoms with Gasteiger partial charge in [0.1, 0.15) is 6.04 Å². The number of aliphatic carboxylic acids is 1. The highest BCUT2D eigenvalue weighted by molar-refractivity contribution is 6.21. The van der Waals surface area contributed by atoms with E-state index in [0.717, 1.165) is 10.6 Å². The van der Waals surface area contributed by atoms with E-state index in [1.54, 1.807) is 48.5 Å². The molecule has 0 saturated carbocycles. The molecule has 0 bridgehead atoms. The molecule has 2 aromatic carbocycles. The van der Waals surface area contributed by atoms with Gasteiger partial charge in [0.2, 0.25) is 0 Å². The second-order valence-electron chi connectivity index (χ2n) is 5.20. The van der Waals surface area contributed by atoms with Gasteiger partial charge < -0.3 is 5.11 Å². The lowest BCUT2D eigenvalue weighted by atomic mass is 10.1. The van der Waals surface area contributed by atoms with Gasteiger partial charge in [-0.1, -0.05) is 42.5 Å². The lowest BCUT2D eigenvalue weighted by Crippen LogP contribution is -2.52. The summed E-state index contributed by atoms with van der Waals surface area (Å²) in [5.41, 5.74) is 3.88. The second kappa shape index (κ2) is 6.02. The highest BCUT2D eigenvalue weighted by atomic mass is 16.4. The number of fused-ring (bicyclic) bond motifs is 1. The monoisotopic (exact) mass is 310 g/mol. The average Bonchev–Trinajstić information content (AvgIpc) is 2.80. The Kier molecular flexibility index (Phi) is 3.91. The zero-order valence-electron chi connectivity index (χ0n) is 12.1. The maximum absolute atomic E-state index is 12.3. The molecule has 1 heterocycles. The van der Waals surface area contributed by atoms with Crippen LogP contribution < -0.4 is 5.43 Å². The molecular formula is C17H14N2O4. The van der Waals surface area contributed by atoms with Gasteiger partial charge in [0.05, 0.1) is 11.1 Å². The van der Waals surface area contributed by atoms with Crippen molar-refractivity contribution in [1.82, 2.24) is 10.4 Å². The summed E-state index contributed by atoms with van der Waals surface area (Å²) < 4.78 is 0. The Hall–Kier alpha value is -2.99. The first-order chi connectivity index (χ1) is 11.1. The van der Waals surface area contributed by atoms with E-state index in [4.69, 9.17) is 0 Å². The topological polar surface area (TPSA) is 86.7 Å². The third-order valence-electron chi connectivity index (χ3n) is 3.66. The lowest BCUT2D eigenvalue weighted by molar-refractivity contribution is -0.140. The zero-order chi connectivity index (χ0) is 16.4. The van der Waals surface area contributed by atoms with Crippen molar-refractivity contribution in [3.8, 4) is 0 Å². The van der Waals surface area contributed by atoms with E-state index >= 15 is 0 Å². The van der Waals surface area contributed by atoms with E-state index in [0.29, 0.717) is 0 Å². The van der Waals surface area contributed by atoms with Crippen molar-refractivity contribution in [2.45, 2.75) is 12.5 Å². The van der Waals surface area contributed by atoms with Gasteiger partial charge in [-0.25, -0.2) is 10.4 Å². The largest absolute Gasteiger partial charge is 0.480 e. The van der Waals surface area contributed by atoms with Crippen LogP contribution >= 0.6 is 0 Å². The molecule has 3 rings (SSSR count). The molecule has 0 saturated heterocycles. The van der Waals surface area contributed by atoms with Crippen molar-refractivity contribution in [1.29, 1.82) is 0 Å². The summed E-state index contributed by atoms with van der Waals surface area (Å²) in [7, 11) is 0. The fourth-order valence-corrected chi connectivity index (χ4v) is 2.50. The number of amides is 2. The summed E-state index contributed by atoms with van der Waals surface area (Å²) in [5.74, 6) is -2.21. The van der Waals surface area contributed by atoms with Crippen LogP contribution in [0.1, 0.15) is 26.3 Å². The zero-order valence-corrected chi connectivity index (χ0v) is 12.1. The Morgan fingerprint density at radius 1 is 0.957 bits per heavy atom. The molecule has 6 heteroatoms. The van der Waals surface area contributed by atoms with Crippen LogP contribution in [0, 0.1) is 0 Å². The highest BCUT2D eigenvalue weighted by Gasteiger charge is 2.37. The van der Waals surface area contributed by atoms with E-state index in [9.17, 15) is 19.5 Å². The number of benzene rings is 2. The molecule has 2 aromatic rings. The molecule has 1 aliphatic rings. The predicted molar refractivity (Wildman–Crippen MR) is 81.6 cm³/mol. The quantitative estimate of drug-likeness (QED) is 0.817. The van der Waals surface area contributed by atoms with Crippen molar-refractivity contribution >= 4 is 17.8 Å². The molecule has 0 spiro atoms. The Morgan fingerprint density at radius 2 is 1.48 bits per heavy atom. The number of hydrogen-bond acceptors (Lipinski definition) is 4. The van der Waals surface area contributed by atoms with E-state index in [1.807, 2.05) is 6.07 Å². The summed E-state index contributed by atoms with van der Waals surface area (Å²) in [6.07, 6.45) is 0.156. The Labute approximate surface area is 132 Å². The molecule has 0 aliphatic carbocycles. The normalized spacial score (nSPS) is 14.7. The van der Waals surface area contributed by atoms with Crippen molar-refractivity contribution in [3.63, 3.8) is 0 Å². The average molecular weight is 310 g/mol. The van der Waals surface area contributed by atoms with Gasteiger partial charge in [0.15, 0.2) is 0 Å². The summed E-state index contributed by atoms with van der Waals surface area (Å²) >= 11 is 0. The molecule has 0 unspecified atom stereocenters. The minimum absolute atomic E-state index is 0.156. The number of hydrazine groups is 1. The molecule has 2 N–H and O–H groups in total. The van der Waals surface area contributed by atoms with Crippen LogP contribution in [0.15, 0.2) is 54.6 Å². The first kappa shape index (κ1) is 14.9. The minimum Gasteiger partial charge on any atom is -0.480 e. The number of carbonyl (C=O) groups excluding carboxylic acids is 2. The number of carboxylic acids is 1. The minimum atomic E-state index is -1.13. The number of nitrogens with zero attached hydrogens (tertiary/aromatic N) is 1. The maximum Gasteiger partial charge on any atom is 0.322 e. The van der Waals surface area contributed by atoms with Crippen LogP contribution in [0.25, 0.3) is 0 Å². The van der Waals surface area contributed by atoms with E-state index in [2.05, 4.69) is 5.43 Å². The van der Waals surface area contributed by atoms with E-state index in [1.165, 1.54) is 0 Å². The number of carbonyl (C=O) groups is 3. The highest BCUT2D eigenvalue weighted by Crippen LogP contribution is 2.21. The standard InChI is InChI=1S/C17H14N2O4/c20-15-12-8-4-5-9-13(12)16(21)19(15)18-14(17(22)23)10-11-6-2-1-3-7-11/h1-9,14,18H,10H2,(H,22,23)/t14-/m1/s1. The number of rotatable bonds is 5. The molecular weight excluding hydrogens is 296 g/mol. The Morgan fingerprint density at radius 3 is 2.00 bits per heavy atom. The molecule has 1 atom stereocenters. The van der Waals surface area contributed by atoms with Gasteiger partial charge in [-0.05, 0) is 17.7 Å². The van der Waals surface area contributed by atoms with Crippen molar-refractivity contribution in [2.75, 3.05) is 0 Å². The molecule has 0 radical (unpaired) electrons. The predicted octanol–water partition coefficient (Wildman–Crippen LogP) is 1.48. The Balaban J connectivity index is 1.81. The van der Waals surface area contributed by atoms with Crippen LogP contribution in [0.3, 0.4) is 0 Å². The third-order valence-corrected chi connectivity index (χ3v) is 3.66. The number of carboxylic acid groups (broad SMARTS) is 1. The van der Waals surface area contributed by atoms with Gasteiger partial charge in [-0.15, -0.1) is 0 Å². The molecule has 6 nitrogen and oxygen atoms in total. The first-order valence-corrected chi connectivity index (χ1v) is 7.08. The van der Waals surface area contributed by atoms with Gasteiger partial charge in [0.25, 0.3) is 11.8 Å². The summed E-state index contributed by atoms with van der Waals surface area (Å²) in [6, 6.07) is 14.3. The Bertz CT molecular complexity index is 738. The van der Waals surface area contributed by atoms with Gasteiger partial charge >= 0.3 is 5.97 Å². The lowest BCUT2D eigenvalue weighted by Gasteiger charge is -2.21.